The fourth-order valence-corrected chi connectivity index (χ4v) is 2.77. The van der Waals surface area contributed by atoms with Crippen molar-refractivity contribution in [2.45, 2.75) is 12.8 Å². The first kappa shape index (κ1) is 20.5. The van der Waals surface area contributed by atoms with E-state index in [9.17, 15) is 18.0 Å². The minimum absolute atomic E-state index is 0.0160. The third kappa shape index (κ3) is 5.41. The van der Waals surface area contributed by atoms with Gasteiger partial charge in [-0.1, -0.05) is 24.3 Å². The lowest BCUT2D eigenvalue weighted by atomic mass is 10.1. The fourth-order valence-electron chi connectivity index (χ4n) is 2.54. The van der Waals surface area contributed by atoms with Gasteiger partial charge in [0.15, 0.2) is 0 Å². The smallest absolute Gasteiger partial charge is 0.416 e. The Labute approximate surface area is 170 Å². The number of thiol groups is 1. The summed E-state index contributed by atoms with van der Waals surface area (Å²) in [6, 6.07) is 12.0. The van der Waals surface area contributed by atoms with Crippen LogP contribution in [0.3, 0.4) is 0 Å². The number of hydrogen-bond donors (Lipinski definition) is 2. The molecule has 2 N–H and O–H groups in total. The van der Waals surface area contributed by atoms with E-state index in [0.29, 0.717) is 11.3 Å². The molecule has 1 heterocycles. The Balaban J connectivity index is 1.67. The molecule has 150 valence electrons. The second kappa shape index (κ2) is 8.44. The van der Waals surface area contributed by atoms with Crippen LogP contribution in [0.5, 0.6) is 5.75 Å². The number of halogens is 3. The average molecular weight is 419 g/mol. The summed E-state index contributed by atoms with van der Waals surface area (Å²) in [6.07, 6.45) is 0.0377. The lowest BCUT2D eigenvalue weighted by Crippen LogP contribution is -2.07. The molecule has 3 rings (SSSR count). The molecule has 9 heteroatoms. The fraction of sp³-hybridized carbons (Fsp3) is 0.100. The number of nitrogens with zero attached hydrogens (tertiary/aromatic N) is 2. The van der Waals surface area contributed by atoms with Crippen LogP contribution < -0.4 is 10.5 Å². The Bertz CT molecular complexity index is 1040. The van der Waals surface area contributed by atoms with E-state index in [-0.39, 0.29) is 11.6 Å². The van der Waals surface area contributed by atoms with Crippen LogP contribution in [0.4, 0.5) is 13.2 Å². The molecule has 0 bridgehead atoms. The van der Waals surface area contributed by atoms with Gasteiger partial charge in [-0.3, -0.25) is 4.79 Å². The number of benzene rings is 2. The van der Waals surface area contributed by atoms with Gasteiger partial charge in [0.05, 0.1) is 16.8 Å². The van der Waals surface area contributed by atoms with Crippen molar-refractivity contribution in [2.75, 3.05) is 0 Å². The van der Waals surface area contributed by atoms with E-state index in [2.05, 4.69) is 17.7 Å². The molecule has 0 aliphatic rings. The SMILES string of the molecule is NC(=O)/C=C(\S)n1cc(-c2ccc(OCc3cccc(C(F)(F)F)c3)cc2)cn1. The number of rotatable bonds is 6. The molecule has 0 saturated heterocycles. The number of carbonyl (C=O) groups excluding carboxylic acids is 1. The number of carbonyl (C=O) groups is 1. The molecule has 0 saturated carbocycles. The lowest BCUT2D eigenvalue weighted by molar-refractivity contribution is -0.137. The van der Waals surface area contributed by atoms with Crippen molar-refractivity contribution >= 4 is 23.6 Å². The first-order valence-electron chi connectivity index (χ1n) is 8.37. The quantitative estimate of drug-likeness (QED) is 0.461. The average Bonchev–Trinajstić information content (AvgIpc) is 3.16. The standard InChI is InChI=1S/C20H16F3N3O2S/c21-20(22,23)16-3-1-2-13(8-16)12-28-17-6-4-14(5-7-17)15-10-25-26(11-15)19(29)9-18(24)27/h1-11,29H,12H2,(H2,24,27)/b19-9-. The van der Waals surface area contributed by atoms with E-state index in [4.69, 9.17) is 10.5 Å². The number of alkyl halides is 3. The Hall–Kier alpha value is -3.20. The summed E-state index contributed by atoms with van der Waals surface area (Å²) >= 11 is 4.16. The van der Waals surface area contributed by atoms with Crippen molar-refractivity contribution in [1.82, 2.24) is 9.78 Å². The number of primary amides is 1. The predicted molar refractivity (Wildman–Crippen MR) is 106 cm³/mol. The highest BCUT2D eigenvalue weighted by Crippen LogP contribution is 2.30. The zero-order chi connectivity index (χ0) is 21.0. The van der Waals surface area contributed by atoms with Crippen LogP contribution in [-0.2, 0) is 17.6 Å². The topological polar surface area (TPSA) is 70.1 Å². The molecule has 0 unspecified atom stereocenters. The Morgan fingerprint density at radius 2 is 1.90 bits per heavy atom. The summed E-state index contributed by atoms with van der Waals surface area (Å²) in [5.74, 6) is -0.114. The van der Waals surface area contributed by atoms with Crippen LogP contribution in [-0.4, -0.2) is 15.7 Å². The van der Waals surface area contributed by atoms with E-state index in [1.807, 2.05) is 0 Å². The summed E-state index contributed by atoms with van der Waals surface area (Å²) in [7, 11) is 0. The number of nitrogens with two attached hydrogens (primary N) is 1. The molecular weight excluding hydrogens is 403 g/mol. The third-order valence-corrected chi connectivity index (χ3v) is 4.27. The summed E-state index contributed by atoms with van der Waals surface area (Å²) in [4.78, 5) is 10.9. The molecule has 29 heavy (non-hydrogen) atoms. The summed E-state index contributed by atoms with van der Waals surface area (Å²) in [5, 5.41) is 4.40. The van der Waals surface area contributed by atoms with Crippen LogP contribution in [0.1, 0.15) is 11.1 Å². The predicted octanol–water partition coefficient (Wildman–Crippen LogP) is 4.36. The van der Waals surface area contributed by atoms with Gasteiger partial charge in [-0.25, -0.2) is 4.68 Å². The van der Waals surface area contributed by atoms with Crippen LogP contribution >= 0.6 is 12.6 Å². The van der Waals surface area contributed by atoms with Crippen LogP contribution in [0, 0.1) is 0 Å². The highest BCUT2D eigenvalue weighted by molar-refractivity contribution is 7.90. The maximum atomic E-state index is 12.8. The molecular formula is C20H16F3N3O2S. The van der Waals surface area contributed by atoms with Crippen molar-refractivity contribution in [1.29, 1.82) is 0 Å². The number of aromatic nitrogens is 2. The zero-order valence-corrected chi connectivity index (χ0v) is 15.8. The highest BCUT2D eigenvalue weighted by atomic mass is 32.1. The van der Waals surface area contributed by atoms with Gasteiger partial charge < -0.3 is 10.5 Å². The monoisotopic (exact) mass is 419 g/mol. The lowest BCUT2D eigenvalue weighted by Gasteiger charge is -2.10. The van der Waals surface area contributed by atoms with Gasteiger partial charge >= 0.3 is 6.18 Å². The van der Waals surface area contributed by atoms with Crippen molar-refractivity contribution in [2.24, 2.45) is 5.73 Å². The minimum atomic E-state index is -4.39. The number of ether oxygens (including phenoxy) is 1. The summed E-state index contributed by atoms with van der Waals surface area (Å²) in [5.41, 5.74) is 6.42. The first-order chi connectivity index (χ1) is 13.7. The molecule has 2 aromatic carbocycles. The molecule has 0 aliphatic heterocycles. The van der Waals surface area contributed by atoms with Gasteiger partial charge in [-0.2, -0.15) is 18.3 Å². The molecule has 5 nitrogen and oxygen atoms in total. The second-order valence-electron chi connectivity index (χ2n) is 6.09. The Morgan fingerprint density at radius 3 is 2.55 bits per heavy atom. The van der Waals surface area contributed by atoms with Gasteiger partial charge in [0.2, 0.25) is 5.91 Å². The molecule has 3 aromatic rings. The zero-order valence-electron chi connectivity index (χ0n) is 14.9. The highest BCUT2D eigenvalue weighted by Gasteiger charge is 2.30. The molecule has 0 radical (unpaired) electrons. The number of hydrogen-bond acceptors (Lipinski definition) is 4. The summed E-state index contributed by atoms with van der Waals surface area (Å²) < 4.78 is 45.3. The van der Waals surface area contributed by atoms with Crippen molar-refractivity contribution in [3.8, 4) is 16.9 Å². The Morgan fingerprint density at radius 1 is 1.17 bits per heavy atom. The maximum Gasteiger partial charge on any atom is 0.416 e. The van der Waals surface area contributed by atoms with E-state index >= 15 is 0 Å². The van der Waals surface area contributed by atoms with Gasteiger partial charge in [-0.15, -0.1) is 12.6 Å². The third-order valence-electron chi connectivity index (χ3n) is 3.94. The van der Waals surface area contributed by atoms with E-state index in [1.165, 1.54) is 10.7 Å². The normalized spacial score (nSPS) is 12.1. The van der Waals surface area contributed by atoms with E-state index in [0.717, 1.165) is 29.3 Å². The van der Waals surface area contributed by atoms with E-state index in [1.54, 1.807) is 42.7 Å². The molecule has 1 amide bonds. The summed E-state index contributed by atoms with van der Waals surface area (Å²) in [6.45, 7) is 0.0160. The molecule has 1 aromatic heterocycles. The molecule has 0 atom stereocenters. The van der Waals surface area contributed by atoms with Crippen molar-refractivity contribution in [3.63, 3.8) is 0 Å². The van der Waals surface area contributed by atoms with Gasteiger partial charge in [0, 0.05) is 17.8 Å². The van der Waals surface area contributed by atoms with Crippen molar-refractivity contribution < 1.29 is 22.7 Å². The van der Waals surface area contributed by atoms with Gasteiger partial charge in [0.1, 0.15) is 12.4 Å². The molecule has 0 spiro atoms. The van der Waals surface area contributed by atoms with E-state index < -0.39 is 17.6 Å². The van der Waals surface area contributed by atoms with Crippen LogP contribution in [0.25, 0.3) is 16.2 Å². The molecule has 0 fully saturated rings. The number of amides is 1. The van der Waals surface area contributed by atoms with Crippen molar-refractivity contribution in [3.05, 3.63) is 78.1 Å². The Kier molecular flexibility index (Phi) is 5.97. The maximum absolute atomic E-state index is 12.8. The first-order valence-corrected chi connectivity index (χ1v) is 8.81. The van der Waals surface area contributed by atoms with Gasteiger partial charge in [0.25, 0.3) is 0 Å². The minimum Gasteiger partial charge on any atom is -0.489 e. The van der Waals surface area contributed by atoms with Gasteiger partial charge in [-0.05, 0) is 35.4 Å². The van der Waals surface area contributed by atoms with Crippen LogP contribution in [0.15, 0.2) is 67.0 Å². The molecule has 0 aliphatic carbocycles. The van der Waals surface area contributed by atoms with Crippen LogP contribution in [0.2, 0.25) is 0 Å². The largest absolute Gasteiger partial charge is 0.489 e. The second-order valence-corrected chi connectivity index (χ2v) is 6.55.